The summed E-state index contributed by atoms with van der Waals surface area (Å²) in [5.41, 5.74) is 3.00. The van der Waals surface area contributed by atoms with E-state index in [0.29, 0.717) is 10.8 Å². The Balaban J connectivity index is 1.86. The average molecular weight is 354 g/mol. The van der Waals surface area contributed by atoms with E-state index in [-0.39, 0.29) is 6.04 Å². The van der Waals surface area contributed by atoms with Crippen molar-refractivity contribution < 1.29 is 4.74 Å². The maximum atomic E-state index is 5.97. The van der Waals surface area contributed by atoms with E-state index in [1.807, 2.05) is 55.5 Å². The molecule has 0 radical (unpaired) electrons. The molecule has 4 nitrogen and oxygen atoms in total. The van der Waals surface area contributed by atoms with Gasteiger partial charge in [0.05, 0.1) is 18.8 Å². The van der Waals surface area contributed by atoms with E-state index in [2.05, 4.69) is 28.3 Å². The van der Waals surface area contributed by atoms with Crippen LogP contribution in [0.15, 0.2) is 54.6 Å². The second-order valence-corrected chi connectivity index (χ2v) is 6.27. The van der Waals surface area contributed by atoms with Gasteiger partial charge in [0, 0.05) is 16.7 Å². The number of nitrogens with zero attached hydrogens (tertiary/aromatic N) is 2. The van der Waals surface area contributed by atoms with Gasteiger partial charge in [0.15, 0.2) is 0 Å². The fourth-order valence-corrected chi connectivity index (χ4v) is 2.75. The number of halogens is 1. The lowest BCUT2D eigenvalue weighted by Crippen LogP contribution is -2.09. The molecule has 0 spiro atoms. The fourth-order valence-electron chi connectivity index (χ4n) is 2.63. The number of ether oxygens (including phenoxy) is 1. The molecule has 0 aliphatic heterocycles. The van der Waals surface area contributed by atoms with Gasteiger partial charge in [-0.1, -0.05) is 35.9 Å². The van der Waals surface area contributed by atoms with Crippen LogP contribution in [0.4, 0.5) is 5.82 Å². The fraction of sp³-hybridized carbons (Fsp3) is 0.200. The van der Waals surface area contributed by atoms with Crippen molar-refractivity contribution in [3.8, 4) is 17.0 Å². The monoisotopic (exact) mass is 353 g/mol. The molecule has 0 fully saturated rings. The van der Waals surface area contributed by atoms with Gasteiger partial charge < -0.3 is 10.1 Å². The van der Waals surface area contributed by atoms with Crippen LogP contribution in [-0.2, 0) is 0 Å². The number of methoxy groups -OCH3 is 1. The molecular formula is C20H20ClN3O. The van der Waals surface area contributed by atoms with E-state index in [0.717, 1.165) is 28.4 Å². The molecule has 0 amide bonds. The van der Waals surface area contributed by atoms with Crippen LogP contribution in [0, 0.1) is 6.92 Å². The smallest absolute Gasteiger partial charge is 0.130 e. The first kappa shape index (κ1) is 17.2. The predicted molar refractivity (Wildman–Crippen MR) is 102 cm³/mol. The summed E-state index contributed by atoms with van der Waals surface area (Å²) in [6.45, 7) is 3.98. The number of benzene rings is 2. The number of aryl methyl sites for hydroxylation is 1. The van der Waals surface area contributed by atoms with Gasteiger partial charge in [0.2, 0.25) is 0 Å². The summed E-state index contributed by atoms with van der Waals surface area (Å²) >= 11 is 5.97. The SMILES string of the molecule is COc1cccc(C(C)Nc2cc(-c3ccc(Cl)cc3)nc(C)n2)c1. The van der Waals surface area contributed by atoms with Crippen molar-refractivity contribution in [3.05, 3.63) is 71.0 Å². The molecule has 1 aromatic heterocycles. The van der Waals surface area contributed by atoms with Crippen LogP contribution in [-0.4, -0.2) is 17.1 Å². The zero-order valence-corrected chi connectivity index (χ0v) is 15.2. The summed E-state index contributed by atoms with van der Waals surface area (Å²) in [7, 11) is 1.67. The molecule has 1 N–H and O–H groups in total. The summed E-state index contributed by atoms with van der Waals surface area (Å²) in [5.74, 6) is 2.34. The Kier molecular flexibility index (Phi) is 5.19. The molecule has 0 bridgehead atoms. The van der Waals surface area contributed by atoms with Crippen molar-refractivity contribution in [1.82, 2.24) is 9.97 Å². The van der Waals surface area contributed by atoms with E-state index in [4.69, 9.17) is 16.3 Å². The van der Waals surface area contributed by atoms with Gasteiger partial charge in [-0.05, 0) is 43.7 Å². The van der Waals surface area contributed by atoms with Crippen molar-refractivity contribution in [2.24, 2.45) is 0 Å². The number of aromatic nitrogens is 2. The number of hydrogen-bond acceptors (Lipinski definition) is 4. The predicted octanol–water partition coefficient (Wildman–Crippen LogP) is 5.29. The van der Waals surface area contributed by atoms with E-state index in [1.165, 1.54) is 0 Å². The minimum absolute atomic E-state index is 0.0856. The van der Waals surface area contributed by atoms with E-state index < -0.39 is 0 Å². The first-order chi connectivity index (χ1) is 12.0. The molecule has 3 aromatic rings. The van der Waals surface area contributed by atoms with E-state index in [9.17, 15) is 0 Å². The summed E-state index contributed by atoms with van der Waals surface area (Å²) in [4.78, 5) is 9.03. The first-order valence-electron chi connectivity index (χ1n) is 8.07. The number of anilines is 1. The van der Waals surface area contributed by atoms with E-state index >= 15 is 0 Å². The van der Waals surface area contributed by atoms with Crippen molar-refractivity contribution >= 4 is 17.4 Å². The highest BCUT2D eigenvalue weighted by molar-refractivity contribution is 6.30. The third kappa shape index (κ3) is 4.28. The van der Waals surface area contributed by atoms with Crippen LogP contribution in [0.3, 0.4) is 0 Å². The highest BCUT2D eigenvalue weighted by atomic mass is 35.5. The Morgan fingerprint density at radius 3 is 2.52 bits per heavy atom. The largest absolute Gasteiger partial charge is 0.497 e. The molecule has 1 heterocycles. The van der Waals surface area contributed by atoms with Gasteiger partial charge in [-0.15, -0.1) is 0 Å². The number of hydrogen-bond donors (Lipinski definition) is 1. The minimum atomic E-state index is 0.0856. The molecular weight excluding hydrogens is 334 g/mol. The molecule has 1 unspecified atom stereocenters. The molecule has 0 aliphatic carbocycles. The molecule has 5 heteroatoms. The highest BCUT2D eigenvalue weighted by Crippen LogP contribution is 2.25. The van der Waals surface area contributed by atoms with Gasteiger partial charge in [-0.3, -0.25) is 0 Å². The van der Waals surface area contributed by atoms with Crippen LogP contribution >= 0.6 is 11.6 Å². The van der Waals surface area contributed by atoms with Gasteiger partial charge in [0.25, 0.3) is 0 Å². The van der Waals surface area contributed by atoms with Crippen molar-refractivity contribution in [3.63, 3.8) is 0 Å². The molecule has 25 heavy (non-hydrogen) atoms. The summed E-state index contributed by atoms with van der Waals surface area (Å²) in [6, 6.07) is 17.7. The van der Waals surface area contributed by atoms with Crippen LogP contribution < -0.4 is 10.1 Å². The molecule has 0 aliphatic rings. The Morgan fingerprint density at radius 2 is 1.80 bits per heavy atom. The molecule has 0 saturated carbocycles. The Hall–Kier alpha value is -2.59. The molecule has 2 aromatic carbocycles. The van der Waals surface area contributed by atoms with Crippen LogP contribution in [0.1, 0.15) is 24.4 Å². The Morgan fingerprint density at radius 1 is 1.04 bits per heavy atom. The lowest BCUT2D eigenvalue weighted by molar-refractivity contribution is 0.414. The zero-order chi connectivity index (χ0) is 17.8. The van der Waals surface area contributed by atoms with Gasteiger partial charge in [-0.25, -0.2) is 9.97 Å². The topological polar surface area (TPSA) is 47.0 Å². The third-order valence-corrected chi connectivity index (χ3v) is 4.19. The average Bonchev–Trinajstić information content (AvgIpc) is 2.62. The molecule has 0 saturated heterocycles. The second kappa shape index (κ2) is 7.53. The van der Waals surface area contributed by atoms with Gasteiger partial charge in [-0.2, -0.15) is 0 Å². The highest BCUT2D eigenvalue weighted by Gasteiger charge is 2.10. The molecule has 128 valence electrons. The zero-order valence-electron chi connectivity index (χ0n) is 14.5. The van der Waals surface area contributed by atoms with Gasteiger partial charge in [0.1, 0.15) is 17.4 Å². The maximum Gasteiger partial charge on any atom is 0.130 e. The summed E-state index contributed by atoms with van der Waals surface area (Å²) in [5, 5.41) is 4.15. The van der Waals surface area contributed by atoms with Crippen LogP contribution in [0.2, 0.25) is 5.02 Å². The quantitative estimate of drug-likeness (QED) is 0.677. The maximum absolute atomic E-state index is 5.97. The lowest BCUT2D eigenvalue weighted by atomic mass is 10.1. The molecule has 1 atom stereocenters. The number of rotatable bonds is 5. The van der Waals surface area contributed by atoms with E-state index in [1.54, 1.807) is 7.11 Å². The van der Waals surface area contributed by atoms with Crippen LogP contribution in [0.5, 0.6) is 5.75 Å². The van der Waals surface area contributed by atoms with Crippen molar-refractivity contribution in [2.45, 2.75) is 19.9 Å². The normalized spacial score (nSPS) is 11.8. The van der Waals surface area contributed by atoms with Gasteiger partial charge >= 0.3 is 0 Å². The third-order valence-electron chi connectivity index (χ3n) is 3.94. The summed E-state index contributed by atoms with van der Waals surface area (Å²) < 4.78 is 5.30. The first-order valence-corrected chi connectivity index (χ1v) is 8.45. The minimum Gasteiger partial charge on any atom is -0.497 e. The molecule has 3 rings (SSSR count). The van der Waals surface area contributed by atoms with Crippen LogP contribution in [0.25, 0.3) is 11.3 Å². The Labute approximate surface area is 152 Å². The van der Waals surface area contributed by atoms with Crippen molar-refractivity contribution in [2.75, 3.05) is 12.4 Å². The Bertz CT molecular complexity index is 865. The lowest BCUT2D eigenvalue weighted by Gasteiger charge is -2.16. The number of nitrogens with one attached hydrogen (secondary N) is 1. The standard InChI is InChI=1S/C20H20ClN3O/c1-13(16-5-4-6-18(11-16)25-3)22-20-12-19(23-14(2)24-20)15-7-9-17(21)10-8-15/h4-13H,1-3H3,(H,22,23,24). The second-order valence-electron chi connectivity index (χ2n) is 5.84. The van der Waals surface area contributed by atoms with Crippen molar-refractivity contribution in [1.29, 1.82) is 0 Å². The summed E-state index contributed by atoms with van der Waals surface area (Å²) in [6.07, 6.45) is 0.